The smallest absolute Gasteiger partial charge is 0.120 e. The number of hydrogen-bond acceptors (Lipinski definition) is 4. The fourth-order valence-corrected chi connectivity index (χ4v) is 3.02. The van der Waals surface area contributed by atoms with Crippen LogP contribution in [0.3, 0.4) is 0 Å². The van der Waals surface area contributed by atoms with Gasteiger partial charge in [0.15, 0.2) is 0 Å². The second kappa shape index (κ2) is 4.03. The van der Waals surface area contributed by atoms with Crippen molar-refractivity contribution < 1.29 is 4.74 Å². The van der Waals surface area contributed by atoms with Gasteiger partial charge in [-0.05, 0) is 37.2 Å². The van der Waals surface area contributed by atoms with Crippen molar-refractivity contribution in [3.63, 3.8) is 0 Å². The van der Waals surface area contributed by atoms with Crippen molar-refractivity contribution in [3.05, 3.63) is 23.2 Å². The quantitative estimate of drug-likeness (QED) is 0.882. The van der Waals surface area contributed by atoms with Gasteiger partial charge < -0.3 is 10.1 Å². The number of methoxy groups -OCH3 is 1. The van der Waals surface area contributed by atoms with Gasteiger partial charge in [-0.15, -0.1) is 11.3 Å². The first-order valence-corrected chi connectivity index (χ1v) is 6.31. The predicted octanol–water partition coefficient (Wildman–Crippen LogP) is 2.07. The minimum Gasteiger partial charge on any atom is -0.497 e. The maximum absolute atomic E-state index is 5.21. The highest BCUT2D eigenvalue weighted by Crippen LogP contribution is 2.28. The van der Waals surface area contributed by atoms with Crippen LogP contribution in [0.2, 0.25) is 0 Å². The molecule has 0 atom stereocenters. The lowest BCUT2D eigenvalue weighted by molar-refractivity contribution is 0.346. The number of ether oxygens (including phenoxy) is 1. The lowest BCUT2D eigenvalue weighted by Crippen LogP contribution is -2.43. The summed E-state index contributed by atoms with van der Waals surface area (Å²) < 4.78 is 6.44. The van der Waals surface area contributed by atoms with E-state index in [9.17, 15) is 0 Å². The van der Waals surface area contributed by atoms with Crippen LogP contribution in [0.25, 0.3) is 10.2 Å². The molecule has 1 fully saturated rings. The molecule has 0 spiro atoms. The van der Waals surface area contributed by atoms with Crippen LogP contribution in [-0.4, -0.2) is 25.2 Å². The molecule has 1 N–H and O–H groups in total. The number of fused-ring (bicyclic) bond motifs is 1. The van der Waals surface area contributed by atoms with E-state index < -0.39 is 0 Å². The van der Waals surface area contributed by atoms with E-state index in [-0.39, 0.29) is 0 Å². The van der Waals surface area contributed by atoms with Gasteiger partial charge in [0.25, 0.3) is 0 Å². The molecular weight excluding hydrogens is 220 g/mol. The number of nitrogens with zero attached hydrogens (tertiary/aromatic N) is 1. The van der Waals surface area contributed by atoms with Gasteiger partial charge in [-0.25, -0.2) is 4.98 Å². The van der Waals surface area contributed by atoms with E-state index in [0.717, 1.165) is 36.7 Å². The highest BCUT2D eigenvalue weighted by atomic mass is 32.1. The highest BCUT2D eigenvalue weighted by molar-refractivity contribution is 7.18. The molecule has 1 aromatic carbocycles. The average Bonchev–Trinajstić information content (AvgIpc) is 2.64. The van der Waals surface area contributed by atoms with Gasteiger partial charge in [-0.2, -0.15) is 0 Å². The zero-order valence-electron chi connectivity index (χ0n) is 9.19. The summed E-state index contributed by atoms with van der Waals surface area (Å²) in [7, 11) is 1.70. The Morgan fingerprint density at radius 1 is 1.50 bits per heavy atom. The normalized spacial score (nSPS) is 16.3. The fraction of sp³-hybridized carbons (Fsp3) is 0.417. The second-order valence-electron chi connectivity index (χ2n) is 4.17. The Kier molecular flexibility index (Phi) is 2.53. The molecule has 0 saturated carbocycles. The minimum absolute atomic E-state index is 0.780. The van der Waals surface area contributed by atoms with Crippen molar-refractivity contribution in [2.24, 2.45) is 5.92 Å². The van der Waals surface area contributed by atoms with Crippen molar-refractivity contribution in [2.75, 3.05) is 20.2 Å². The molecule has 2 heterocycles. The van der Waals surface area contributed by atoms with Crippen LogP contribution < -0.4 is 10.1 Å². The van der Waals surface area contributed by atoms with Gasteiger partial charge in [0, 0.05) is 6.42 Å². The first-order chi connectivity index (χ1) is 7.85. The third kappa shape index (κ3) is 1.79. The maximum atomic E-state index is 5.21. The Morgan fingerprint density at radius 3 is 3.06 bits per heavy atom. The summed E-state index contributed by atoms with van der Waals surface area (Å²) in [5.74, 6) is 1.69. The molecule has 0 radical (unpaired) electrons. The third-order valence-corrected chi connectivity index (χ3v) is 4.01. The van der Waals surface area contributed by atoms with Crippen LogP contribution in [-0.2, 0) is 6.42 Å². The van der Waals surface area contributed by atoms with Crippen molar-refractivity contribution in [1.82, 2.24) is 10.3 Å². The van der Waals surface area contributed by atoms with E-state index in [0.29, 0.717) is 0 Å². The zero-order valence-corrected chi connectivity index (χ0v) is 10.0. The van der Waals surface area contributed by atoms with Crippen LogP contribution in [0.4, 0.5) is 0 Å². The van der Waals surface area contributed by atoms with Gasteiger partial charge in [-0.3, -0.25) is 0 Å². The molecule has 3 rings (SSSR count). The molecular formula is C12H14N2OS. The molecule has 16 heavy (non-hydrogen) atoms. The van der Waals surface area contributed by atoms with Crippen LogP contribution in [0.1, 0.15) is 5.01 Å². The lowest BCUT2D eigenvalue weighted by Gasteiger charge is -2.25. The molecule has 0 amide bonds. The molecule has 1 aliphatic heterocycles. The van der Waals surface area contributed by atoms with Crippen LogP contribution >= 0.6 is 11.3 Å². The predicted molar refractivity (Wildman–Crippen MR) is 66.2 cm³/mol. The van der Waals surface area contributed by atoms with Gasteiger partial charge in [0.05, 0.1) is 22.3 Å². The summed E-state index contributed by atoms with van der Waals surface area (Å²) in [6.07, 6.45) is 1.11. The molecule has 0 aliphatic carbocycles. The van der Waals surface area contributed by atoms with Crippen molar-refractivity contribution >= 4 is 21.6 Å². The Balaban J connectivity index is 1.89. The van der Waals surface area contributed by atoms with E-state index in [1.807, 2.05) is 12.1 Å². The monoisotopic (exact) mass is 234 g/mol. The van der Waals surface area contributed by atoms with E-state index in [4.69, 9.17) is 4.74 Å². The minimum atomic E-state index is 0.780. The molecule has 1 saturated heterocycles. The number of rotatable bonds is 3. The molecule has 0 unspecified atom stereocenters. The summed E-state index contributed by atoms with van der Waals surface area (Å²) in [5.41, 5.74) is 1.09. The van der Waals surface area contributed by atoms with Crippen LogP contribution in [0, 0.1) is 5.92 Å². The number of benzene rings is 1. The number of thiazole rings is 1. The molecule has 1 aromatic heterocycles. The lowest BCUT2D eigenvalue weighted by atomic mass is 10.0. The van der Waals surface area contributed by atoms with Crippen molar-refractivity contribution in [3.8, 4) is 5.75 Å². The Bertz CT molecular complexity index is 505. The average molecular weight is 234 g/mol. The molecule has 3 nitrogen and oxygen atoms in total. The Morgan fingerprint density at radius 2 is 2.38 bits per heavy atom. The maximum Gasteiger partial charge on any atom is 0.120 e. The molecule has 1 aliphatic rings. The van der Waals surface area contributed by atoms with Gasteiger partial charge in [-0.1, -0.05) is 0 Å². The molecule has 2 aromatic rings. The van der Waals surface area contributed by atoms with Gasteiger partial charge in [0.2, 0.25) is 0 Å². The largest absolute Gasteiger partial charge is 0.497 e. The summed E-state index contributed by atoms with van der Waals surface area (Å²) >= 11 is 1.79. The standard InChI is InChI=1S/C12H14N2OS/c1-15-9-2-3-10-11(5-9)16-12(14-10)4-8-6-13-7-8/h2-3,5,8,13H,4,6-7H2,1H3. The Hall–Kier alpha value is -1.13. The second-order valence-corrected chi connectivity index (χ2v) is 5.28. The number of aromatic nitrogens is 1. The first-order valence-electron chi connectivity index (χ1n) is 5.49. The summed E-state index contributed by atoms with van der Waals surface area (Å²) in [6.45, 7) is 2.28. The van der Waals surface area contributed by atoms with Gasteiger partial charge >= 0.3 is 0 Å². The molecule has 84 valence electrons. The Labute approximate surface area is 98.5 Å². The van der Waals surface area contributed by atoms with Crippen LogP contribution in [0.15, 0.2) is 18.2 Å². The summed E-state index contributed by atoms with van der Waals surface area (Å²) in [4.78, 5) is 4.65. The van der Waals surface area contributed by atoms with Crippen molar-refractivity contribution in [1.29, 1.82) is 0 Å². The van der Waals surface area contributed by atoms with E-state index in [1.54, 1.807) is 18.4 Å². The first kappa shape index (κ1) is 10.1. The van der Waals surface area contributed by atoms with Gasteiger partial charge in [0.1, 0.15) is 5.75 Å². The fourth-order valence-electron chi connectivity index (χ4n) is 1.91. The molecule has 0 bridgehead atoms. The van der Waals surface area contributed by atoms with E-state index >= 15 is 0 Å². The van der Waals surface area contributed by atoms with E-state index in [1.165, 1.54) is 9.71 Å². The SMILES string of the molecule is COc1ccc2nc(CC3CNC3)sc2c1. The third-order valence-electron chi connectivity index (χ3n) is 2.97. The number of nitrogens with one attached hydrogen (secondary N) is 1. The van der Waals surface area contributed by atoms with Crippen molar-refractivity contribution in [2.45, 2.75) is 6.42 Å². The highest BCUT2D eigenvalue weighted by Gasteiger charge is 2.18. The summed E-state index contributed by atoms with van der Waals surface area (Å²) in [6, 6.07) is 6.07. The number of hydrogen-bond donors (Lipinski definition) is 1. The van der Waals surface area contributed by atoms with E-state index in [2.05, 4.69) is 16.4 Å². The topological polar surface area (TPSA) is 34.1 Å². The van der Waals surface area contributed by atoms with Crippen LogP contribution in [0.5, 0.6) is 5.75 Å². The zero-order chi connectivity index (χ0) is 11.0. The molecule has 4 heteroatoms. The summed E-state index contributed by atoms with van der Waals surface area (Å²) in [5, 5.41) is 4.54.